The second-order valence-corrected chi connectivity index (χ2v) is 5.03. The van der Waals surface area contributed by atoms with Gasteiger partial charge in [-0.05, 0) is 44.9 Å². The van der Waals surface area contributed by atoms with E-state index < -0.39 is 0 Å². The van der Waals surface area contributed by atoms with Crippen LogP contribution in [0.5, 0.6) is 0 Å². The zero-order valence-corrected chi connectivity index (χ0v) is 10.9. The molecule has 1 rings (SSSR count). The predicted octanol–water partition coefficient (Wildman–Crippen LogP) is 3.32. The number of benzene rings is 1. The summed E-state index contributed by atoms with van der Waals surface area (Å²) >= 11 is 1.91. The molecule has 0 saturated heterocycles. The van der Waals surface area contributed by atoms with Crippen LogP contribution in [0.4, 0.5) is 0 Å². The van der Waals surface area contributed by atoms with Gasteiger partial charge in [0, 0.05) is 6.04 Å². The van der Waals surface area contributed by atoms with E-state index in [2.05, 4.69) is 43.6 Å². The second kappa shape index (κ2) is 6.19. The minimum atomic E-state index is 0.496. The Hall–Kier alpha value is -0.470. The fraction of sp³-hybridized carbons (Fsp3) is 0.538. The molecule has 0 saturated carbocycles. The molecule has 0 aliphatic heterocycles. The molecule has 1 nitrogen and oxygen atoms in total. The van der Waals surface area contributed by atoms with Crippen LogP contribution < -0.4 is 5.32 Å². The molecule has 1 aromatic carbocycles. The summed E-state index contributed by atoms with van der Waals surface area (Å²) in [5.74, 6) is 1.21. The Labute approximate surface area is 97.7 Å². The van der Waals surface area contributed by atoms with Gasteiger partial charge in [0.1, 0.15) is 0 Å². The summed E-state index contributed by atoms with van der Waals surface area (Å²) in [5.41, 5.74) is 4.13. The zero-order valence-electron chi connectivity index (χ0n) is 10.1. The quantitative estimate of drug-likeness (QED) is 0.822. The van der Waals surface area contributed by atoms with Crippen LogP contribution in [0.25, 0.3) is 0 Å². The lowest BCUT2D eigenvalue weighted by Gasteiger charge is -2.17. The van der Waals surface area contributed by atoms with E-state index in [4.69, 9.17) is 0 Å². The van der Waals surface area contributed by atoms with Crippen LogP contribution in [0.15, 0.2) is 18.2 Å². The van der Waals surface area contributed by atoms with Gasteiger partial charge in [0.15, 0.2) is 0 Å². The van der Waals surface area contributed by atoms with Gasteiger partial charge in [0.25, 0.3) is 0 Å². The highest BCUT2D eigenvalue weighted by atomic mass is 32.2. The Kier molecular flexibility index (Phi) is 5.20. The molecule has 0 aliphatic rings. The summed E-state index contributed by atoms with van der Waals surface area (Å²) in [6.45, 7) is 4.33. The normalized spacial score (nSPS) is 12.8. The van der Waals surface area contributed by atoms with Crippen molar-refractivity contribution < 1.29 is 0 Å². The van der Waals surface area contributed by atoms with Crippen molar-refractivity contribution in [1.29, 1.82) is 0 Å². The van der Waals surface area contributed by atoms with Crippen molar-refractivity contribution in [2.75, 3.05) is 19.1 Å². The molecular weight excluding hydrogens is 202 g/mol. The highest BCUT2D eigenvalue weighted by molar-refractivity contribution is 7.98. The van der Waals surface area contributed by atoms with Gasteiger partial charge in [-0.1, -0.05) is 29.3 Å². The van der Waals surface area contributed by atoms with Crippen LogP contribution in [-0.4, -0.2) is 19.1 Å². The van der Waals surface area contributed by atoms with E-state index >= 15 is 0 Å². The summed E-state index contributed by atoms with van der Waals surface area (Å²) in [6.07, 6.45) is 3.36. The monoisotopic (exact) mass is 223 g/mol. The van der Waals surface area contributed by atoms with Gasteiger partial charge in [-0.3, -0.25) is 0 Å². The molecule has 15 heavy (non-hydrogen) atoms. The zero-order chi connectivity index (χ0) is 11.3. The van der Waals surface area contributed by atoms with Gasteiger partial charge in [-0.2, -0.15) is 11.8 Å². The first-order valence-corrected chi connectivity index (χ1v) is 6.81. The Bertz CT molecular complexity index is 289. The number of nitrogens with one attached hydrogen (secondary N) is 1. The van der Waals surface area contributed by atoms with E-state index in [0.717, 1.165) is 0 Å². The van der Waals surface area contributed by atoms with Gasteiger partial charge < -0.3 is 5.32 Å². The third-order valence-corrected chi connectivity index (χ3v) is 3.25. The lowest BCUT2D eigenvalue weighted by molar-refractivity contribution is 0.580. The molecule has 2 heteroatoms. The van der Waals surface area contributed by atoms with E-state index in [1.54, 1.807) is 0 Å². The average molecular weight is 223 g/mol. The molecule has 0 spiro atoms. The van der Waals surface area contributed by atoms with E-state index in [-0.39, 0.29) is 0 Å². The highest BCUT2D eigenvalue weighted by Crippen LogP contribution is 2.20. The summed E-state index contributed by atoms with van der Waals surface area (Å²) in [6, 6.07) is 7.30. The third-order valence-electron chi connectivity index (χ3n) is 2.61. The van der Waals surface area contributed by atoms with E-state index in [9.17, 15) is 0 Å². The standard InChI is InChI=1S/C13H21NS/c1-10-7-11(2)9-12(8-10)13(14-3)5-6-15-4/h7-9,13-14H,5-6H2,1-4H3. The average Bonchev–Trinajstić information content (AvgIpc) is 2.17. The summed E-state index contributed by atoms with van der Waals surface area (Å²) in [5, 5.41) is 3.39. The molecule has 1 unspecified atom stereocenters. The van der Waals surface area contributed by atoms with Crippen LogP contribution in [0.3, 0.4) is 0 Å². The number of rotatable bonds is 5. The summed E-state index contributed by atoms with van der Waals surface area (Å²) in [4.78, 5) is 0. The van der Waals surface area contributed by atoms with Crippen LogP contribution in [0, 0.1) is 13.8 Å². The van der Waals surface area contributed by atoms with Gasteiger partial charge in [-0.25, -0.2) is 0 Å². The lowest BCUT2D eigenvalue weighted by Crippen LogP contribution is -2.17. The molecule has 84 valence electrons. The predicted molar refractivity (Wildman–Crippen MR) is 70.7 cm³/mol. The maximum absolute atomic E-state index is 3.39. The second-order valence-electron chi connectivity index (χ2n) is 4.04. The molecule has 1 N–H and O–H groups in total. The fourth-order valence-electron chi connectivity index (χ4n) is 1.92. The maximum atomic E-state index is 3.39. The number of thioether (sulfide) groups is 1. The van der Waals surface area contributed by atoms with Gasteiger partial charge in [-0.15, -0.1) is 0 Å². The summed E-state index contributed by atoms with van der Waals surface area (Å²) in [7, 11) is 2.04. The molecule has 1 atom stereocenters. The van der Waals surface area contributed by atoms with Crippen LogP contribution in [-0.2, 0) is 0 Å². The fourth-order valence-corrected chi connectivity index (χ4v) is 2.40. The Morgan fingerprint density at radius 3 is 2.27 bits per heavy atom. The van der Waals surface area contributed by atoms with Crippen molar-refractivity contribution in [3.05, 3.63) is 34.9 Å². The topological polar surface area (TPSA) is 12.0 Å². The minimum Gasteiger partial charge on any atom is -0.313 e. The molecule has 0 bridgehead atoms. The Balaban J connectivity index is 2.81. The molecule has 0 heterocycles. The van der Waals surface area contributed by atoms with Crippen molar-refractivity contribution >= 4 is 11.8 Å². The molecular formula is C13H21NS. The first-order chi connectivity index (χ1) is 7.17. The van der Waals surface area contributed by atoms with Crippen molar-refractivity contribution in [3.8, 4) is 0 Å². The van der Waals surface area contributed by atoms with Crippen LogP contribution in [0.1, 0.15) is 29.2 Å². The maximum Gasteiger partial charge on any atom is 0.0325 e. The largest absolute Gasteiger partial charge is 0.313 e. The minimum absolute atomic E-state index is 0.496. The molecule has 0 aromatic heterocycles. The lowest BCUT2D eigenvalue weighted by atomic mass is 10.00. The highest BCUT2D eigenvalue weighted by Gasteiger charge is 2.08. The number of hydrogen-bond donors (Lipinski definition) is 1. The SMILES string of the molecule is CNC(CCSC)c1cc(C)cc(C)c1. The molecule has 0 amide bonds. The van der Waals surface area contributed by atoms with Crippen molar-refractivity contribution in [2.45, 2.75) is 26.3 Å². The molecule has 1 aromatic rings. The van der Waals surface area contributed by atoms with Gasteiger partial charge in [0.05, 0.1) is 0 Å². The molecule has 0 fully saturated rings. The van der Waals surface area contributed by atoms with E-state index in [1.807, 2.05) is 18.8 Å². The van der Waals surface area contributed by atoms with E-state index in [0.29, 0.717) is 6.04 Å². The van der Waals surface area contributed by atoms with E-state index in [1.165, 1.54) is 28.9 Å². The number of hydrogen-bond acceptors (Lipinski definition) is 2. The Morgan fingerprint density at radius 2 is 1.80 bits per heavy atom. The van der Waals surface area contributed by atoms with Crippen molar-refractivity contribution in [1.82, 2.24) is 5.32 Å². The molecule has 0 radical (unpaired) electrons. The van der Waals surface area contributed by atoms with Crippen LogP contribution >= 0.6 is 11.8 Å². The van der Waals surface area contributed by atoms with Crippen LogP contribution in [0.2, 0.25) is 0 Å². The Morgan fingerprint density at radius 1 is 1.20 bits per heavy atom. The smallest absolute Gasteiger partial charge is 0.0325 e. The first-order valence-electron chi connectivity index (χ1n) is 5.41. The van der Waals surface area contributed by atoms with Gasteiger partial charge in [0.2, 0.25) is 0 Å². The van der Waals surface area contributed by atoms with Crippen molar-refractivity contribution in [2.24, 2.45) is 0 Å². The van der Waals surface area contributed by atoms with Gasteiger partial charge >= 0.3 is 0 Å². The number of aryl methyl sites for hydroxylation is 2. The van der Waals surface area contributed by atoms with Crippen molar-refractivity contribution in [3.63, 3.8) is 0 Å². The summed E-state index contributed by atoms with van der Waals surface area (Å²) < 4.78 is 0. The third kappa shape index (κ3) is 3.88. The molecule has 0 aliphatic carbocycles. The first kappa shape index (κ1) is 12.6.